The van der Waals surface area contributed by atoms with Gasteiger partial charge in [-0.3, -0.25) is 0 Å². The van der Waals surface area contributed by atoms with Crippen LogP contribution in [0.5, 0.6) is 5.88 Å². The number of alkyl halides is 3. The van der Waals surface area contributed by atoms with Crippen LogP contribution in [0.2, 0.25) is 0 Å². The van der Waals surface area contributed by atoms with E-state index in [-0.39, 0.29) is 24.7 Å². The molecule has 2 aliphatic rings. The number of ether oxygens (including phenoxy) is 2. The van der Waals surface area contributed by atoms with Crippen LogP contribution in [0.25, 0.3) is 5.57 Å². The Kier molecular flexibility index (Phi) is 8.20. The van der Waals surface area contributed by atoms with E-state index in [2.05, 4.69) is 22.0 Å². The fourth-order valence-electron chi connectivity index (χ4n) is 4.67. The zero-order valence-corrected chi connectivity index (χ0v) is 21.9. The second-order valence-corrected chi connectivity index (χ2v) is 10.6. The topological polar surface area (TPSA) is 75.1 Å². The first kappa shape index (κ1) is 27.8. The Morgan fingerprint density at radius 2 is 1.95 bits per heavy atom. The molecule has 3 heterocycles. The Bertz CT molecular complexity index is 1160. The van der Waals surface area contributed by atoms with Crippen molar-refractivity contribution in [2.45, 2.75) is 57.9 Å². The number of hydrogen-bond acceptors (Lipinski definition) is 6. The minimum Gasteiger partial charge on any atom is -0.472 e. The normalized spacial score (nSPS) is 18.4. The Balaban J connectivity index is 1.41. The third-order valence-corrected chi connectivity index (χ3v) is 6.53. The summed E-state index contributed by atoms with van der Waals surface area (Å²) in [6.45, 7) is 7.88. The Labute approximate surface area is 220 Å². The molecular formula is C28H34F3N3O4. The molecule has 1 aromatic carbocycles. The van der Waals surface area contributed by atoms with Crippen molar-refractivity contribution in [3.63, 3.8) is 0 Å². The summed E-state index contributed by atoms with van der Waals surface area (Å²) in [5.74, 6) is 0.167. The molecule has 1 fully saturated rings. The molecule has 2 aromatic rings. The molecule has 1 atom stereocenters. The second-order valence-electron chi connectivity index (χ2n) is 10.6. The number of aliphatic hydroxyl groups is 1. The van der Waals surface area contributed by atoms with Crippen molar-refractivity contribution in [1.29, 1.82) is 0 Å². The molecule has 4 rings (SSSR count). The van der Waals surface area contributed by atoms with Crippen LogP contribution in [0.15, 0.2) is 42.6 Å². The van der Waals surface area contributed by atoms with Crippen LogP contribution < -0.4 is 9.64 Å². The molecule has 206 valence electrons. The first-order valence-electron chi connectivity index (χ1n) is 12.8. The molecule has 7 nitrogen and oxygen atoms in total. The first-order chi connectivity index (χ1) is 17.9. The van der Waals surface area contributed by atoms with Gasteiger partial charge in [0.25, 0.3) is 0 Å². The number of aliphatic hydroxyl groups excluding tert-OH is 1. The van der Waals surface area contributed by atoms with Crippen molar-refractivity contribution in [1.82, 2.24) is 9.88 Å². The highest BCUT2D eigenvalue weighted by atomic mass is 19.4. The Morgan fingerprint density at radius 3 is 2.55 bits per heavy atom. The highest BCUT2D eigenvalue weighted by molar-refractivity contribution is 5.74. The van der Waals surface area contributed by atoms with Crippen molar-refractivity contribution in [2.24, 2.45) is 0 Å². The van der Waals surface area contributed by atoms with Crippen LogP contribution in [0.1, 0.15) is 50.3 Å². The standard InChI is InChI=1S/C28H34F3N3O4/c1-27(2,3)38-26(36)33-12-8-19(9-13-33)20-4-6-24(21(16-20)11-15-35)34-14-10-23(18-34)37-25-7-5-22(17-32-25)28(29,30)31/h4-8,16-17,23,35H,9-15,18H2,1-3H3/t23-/m0/s1. The van der Waals surface area contributed by atoms with E-state index in [4.69, 9.17) is 9.47 Å². The predicted octanol–water partition coefficient (Wildman–Crippen LogP) is 5.32. The average Bonchev–Trinajstić information content (AvgIpc) is 3.31. The number of benzene rings is 1. The van der Waals surface area contributed by atoms with E-state index in [9.17, 15) is 23.1 Å². The predicted molar refractivity (Wildman–Crippen MR) is 138 cm³/mol. The minimum atomic E-state index is -4.43. The molecule has 0 spiro atoms. The quantitative estimate of drug-likeness (QED) is 0.542. The lowest BCUT2D eigenvalue weighted by molar-refractivity contribution is -0.137. The fraction of sp³-hybridized carbons (Fsp3) is 0.500. The summed E-state index contributed by atoms with van der Waals surface area (Å²) >= 11 is 0. The molecule has 2 aliphatic heterocycles. The molecule has 1 aromatic heterocycles. The summed E-state index contributed by atoms with van der Waals surface area (Å²) in [6, 6.07) is 8.40. The molecular weight excluding hydrogens is 499 g/mol. The number of carbonyl (C=O) groups excluding carboxylic acids is 1. The van der Waals surface area contributed by atoms with Crippen LogP contribution in [0.3, 0.4) is 0 Å². The van der Waals surface area contributed by atoms with E-state index in [0.29, 0.717) is 38.9 Å². The van der Waals surface area contributed by atoms with Gasteiger partial charge in [0.2, 0.25) is 5.88 Å². The van der Waals surface area contributed by atoms with Crippen molar-refractivity contribution < 1.29 is 32.5 Å². The van der Waals surface area contributed by atoms with Crippen molar-refractivity contribution in [3.05, 3.63) is 59.3 Å². The molecule has 1 amide bonds. The maximum atomic E-state index is 12.8. The molecule has 10 heteroatoms. The number of aromatic nitrogens is 1. The van der Waals surface area contributed by atoms with E-state index in [1.165, 1.54) is 6.07 Å². The number of nitrogens with zero attached hydrogens (tertiary/aromatic N) is 3. The van der Waals surface area contributed by atoms with Gasteiger partial charge in [0.1, 0.15) is 11.7 Å². The van der Waals surface area contributed by atoms with Gasteiger partial charge in [-0.2, -0.15) is 13.2 Å². The van der Waals surface area contributed by atoms with Gasteiger partial charge in [-0.1, -0.05) is 12.1 Å². The van der Waals surface area contributed by atoms with E-state index >= 15 is 0 Å². The molecule has 0 bridgehead atoms. The third kappa shape index (κ3) is 6.98. The first-order valence-corrected chi connectivity index (χ1v) is 12.8. The van der Waals surface area contributed by atoms with Crippen LogP contribution in [0, 0.1) is 0 Å². The van der Waals surface area contributed by atoms with Gasteiger partial charge in [-0.25, -0.2) is 9.78 Å². The van der Waals surface area contributed by atoms with Gasteiger partial charge < -0.3 is 24.4 Å². The molecule has 1 saturated heterocycles. The fourth-order valence-corrected chi connectivity index (χ4v) is 4.67. The molecule has 1 N–H and O–H groups in total. The highest BCUT2D eigenvalue weighted by Crippen LogP contribution is 2.33. The Hall–Kier alpha value is -3.27. The number of halogens is 3. The average molecular weight is 534 g/mol. The van der Waals surface area contributed by atoms with Crippen LogP contribution in [-0.4, -0.2) is 65.6 Å². The Morgan fingerprint density at radius 1 is 1.16 bits per heavy atom. The van der Waals surface area contributed by atoms with Gasteiger partial charge in [-0.15, -0.1) is 0 Å². The monoisotopic (exact) mass is 533 g/mol. The molecule has 0 saturated carbocycles. The third-order valence-electron chi connectivity index (χ3n) is 6.53. The maximum absolute atomic E-state index is 12.8. The summed E-state index contributed by atoms with van der Waals surface area (Å²) in [4.78, 5) is 20.0. The molecule has 0 unspecified atom stereocenters. The van der Waals surface area contributed by atoms with Crippen LogP contribution in [0.4, 0.5) is 23.7 Å². The molecule has 0 radical (unpaired) electrons. The second kappa shape index (κ2) is 11.2. The van der Waals surface area contributed by atoms with Gasteiger partial charge >= 0.3 is 12.3 Å². The maximum Gasteiger partial charge on any atom is 0.417 e. The number of anilines is 1. The van der Waals surface area contributed by atoms with Gasteiger partial charge in [0.05, 0.1) is 12.1 Å². The lowest BCUT2D eigenvalue weighted by atomic mass is 9.96. The number of amides is 1. The number of carbonyl (C=O) groups is 1. The summed E-state index contributed by atoms with van der Waals surface area (Å²) in [7, 11) is 0. The van der Waals surface area contributed by atoms with Gasteiger partial charge in [0.15, 0.2) is 0 Å². The van der Waals surface area contributed by atoms with Crippen LogP contribution in [-0.2, 0) is 17.3 Å². The zero-order valence-electron chi connectivity index (χ0n) is 21.9. The lowest BCUT2D eigenvalue weighted by Gasteiger charge is -2.30. The van der Waals surface area contributed by atoms with E-state index in [1.807, 2.05) is 32.9 Å². The lowest BCUT2D eigenvalue weighted by Crippen LogP contribution is -2.39. The number of hydrogen-bond donors (Lipinski definition) is 1. The van der Waals surface area contributed by atoms with Crippen molar-refractivity contribution in [2.75, 3.05) is 37.7 Å². The van der Waals surface area contributed by atoms with Crippen molar-refractivity contribution >= 4 is 17.4 Å². The number of pyridine rings is 1. The zero-order chi connectivity index (χ0) is 27.5. The van der Waals surface area contributed by atoms with Crippen LogP contribution >= 0.6 is 0 Å². The molecule has 38 heavy (non-hydrogen) atoms. The highest BCUT2D eigenvalue weighted by Gasteiger charge is 2.31. The summed E-state index contributed by atoms with van der Waals surface area (Å²) in [6.07, 6.45) is -0.235. The summed E-state index contributed by atoms with van der Waals surface area (Å²) in [5.41, 5.74) is 2.87. The largest absolute Gasteiger partial charge is 0.472 e. The van der Waals surface area contributed by atoms with E-state index < -0.39 is 17.3 Å². The van der Waals surface area contributed by atoms with Crippen molar-refractivity contribution in [3.8, 4) is 5.88 Å². The smallest absolute Gasteiger partial charge is 0.417 e. The van der Waals surface area contributed by atoms with Gasteiger partial charge in [0, 0.05) is 50.6 Å². The number of rotatable bonds is 6. The molecule has 0 aliphatic carbocycles. The summed E-state index contributed by atoms with van der Waals surface area (Å²) < 4.78 is 49.7. The minimum absolute atomic E-state index is 0.00512. The SMILES string of the molecule is CC(C)(C)OC(=O)N1CC=C(c2ccc(N3CC[C@H](Oc4ccc(C(F)(F)F)cn4)C3)c(CCO)c2)CC1. The van der Waals surface area contributed by atoms with E-state index in [0.717, 1.165) is 41.2 Å². The van der Waals surface area contributed by atoms with Gasteiger partial charge in [-0.05, 0) is 68.5 Å². The van der Waals surface area contributed by atoms with E-state index in [1.54, 1.807) is 4.90 Å². The summed E-state index contributed by atoms with van der Waals surface area (Å²) in [5, 5.41) is 9.70.